The zero-order chi connectivity index (χ0) is 11.0. The topological polar surface area (TPSA) is 0 Å². The summed E-state index contributed by atoms with van der Waals surface area (Å²) in [5.74, 6) is 0.638. The Hall–Kier alpha value is 0.0331. The Morgan fingerprint density at radius 1 is 1.11 bits per heavy atom. The molecular weight excluding hydrogens is 354 g/mol. The Morgan fingerprint density at radius 2 is 1.79 bits per heavy atom. The molecule has 0 saturated heterocycles. The number of benzene rings is 1. The van der Waals surface area contributed by atoms with Crippen LogP contribution in [0.15, 0.2) is 42.5 Å². The van der Waals surface area contributed by atoms with Gasteiger partial charge in [-0.3, -0.25) is 0 Å². The van der Waals surface area contributed by atoms with Gasteiger partial charge in [0.2, 0.25) is 0 Å². The first kappa shape index (κ1) is 19.0. The molecule has 1 aliphatic rings. The molecule has 19 heavy (non-hydrogen) atoms. The normalized spacial score (nSPS) is 16.4. The number of fused-ring (bicyclic) bond motifs is 1. The summed E-state index contributed by atoms with van der Waals surface area (Å²) >= 11 is 0. The molecule has 0 bridgehead atoms. The van der Waals surface area contributed by atoms with Gasteiger partial charge in [0.25, 0.3) is 0 Å². The van der Waals surface area contributed by atoms with E-state index in [0.29, 0.717) is 5.92 Å². The van der Waals surface area contributed by atoms with E-state index in [9.17, 15) is 0 Å². The zero-order valence-electron chi connectivity index (χ0n) is 11.0. The Morgan fingerprint density at radius 3 is 2.47 bits per heavy atom. The second-order valence-corrected chi connectivity index (χ2v) is 4.87. The molecule has 0 saturated carbocycles. The van der Waals surface area contributed by atoms with Crippen LogP contribution in [0.1, 0.15) is 41.0 Å². The molecule has 0 nitrogen and oxygen atoms in total. The van der Waals surface area contributed by atoms with Crippen LogP contribution in [-0.2, 0) is 32.6 Å². The SMILES string of the molecule is Cc1cc2c([cH-]1)CCCC2c1ccccc1.[Cl-].[Cl-].[Zr+3]. The van der Waals surface area contributed by atoms with Crippen molar-refractivity contribution in [3.63, 3.8) is 0 Å². The maximum absolute atomic E-state index is 2.38. The minimum atomic E-state index is 0. The average Bonchev–Trinajstić information content (AvgIpc) is 2.70. The van der Waals surface area contributed by atoms with Crippen LogP contribution in [0.4, 0.5) is 0 Å². The third-order valence-electron chi connectivity index (χ3n) is 3.67. The van der Waals surface area contributed by atoms with Crippen molar-refractivity contribution in [3.8, 4) is 0 Å². The molecule has 2 aromatic rings. The van der Waals surface area contributed by atoms with Crippen LogP contribution < -0.4 is 24.8 Å². The van der Waals surface area contributed by atoms with E-state index >= 15 is 0 Å². The van der Waals surface area contributed by atoms with Crippen molar-refractivity contribution >= 4 is 0 Å². The van der Waals surface area contributed by atoms with Gasteiger partial charge in [-0.1, -0.05) is 62.1 Å². The average molecular weight is 371 g/mol. The summed E-state index contributed by atoms with van der Waals surface area (Å²) in [6, 6.07) is 15.7. The van der Waals surface area contributed by atoms with E-state index in [-0.39, 0.29) is 51.0 Å². The summed E-state index contributed by atoms with van der Waals surface area (Å²) in [5, 5.41) is 0. The predicted octanol–water partition coefficient (Wildman–Crippen LogP) is -1.81. The van der Waals surface area contributed by atoms with Crippen molar-refractivity contribution in [1.82, 2.24) is 0 Å². The molecule has 0 amide bonds. The van der Waals surface area contributed by atoms with Gasteiger partial charge in [-0.15, -0.1) is 0 Å². The van der Waals surface area contributed by atoms with Gasteiger partial charge in [-0.05, 0) is 5.92 Å². The first-order valence-electron chi connectivity index (χ1n) is 6.15. The fourth-order valence-electron chi connectivity index (χ4n) is 2.96. The van der Waals surface area contributed by atoms with Gasteiger partial charge in [-0.25, -0.2) is 6.07 Å². The summed E-state index contributed by atoms with van der Waals surface area (Å²) in [5.41, 5.74) is 6.06. The van der Waals surface area contributed by atoms with Gasteiger partial charge in [0.1, 0.15) is 0 Å². The molecule has 0 spiro atoms. The minimum Gasteiger partial charge on any atom is -1.00 e. The van der Waals surface area contributed by atoms with Gasteiger partial charge < -0.3 is 24.8 Å². The van der Waals surface area contributed by atoms with E-state index in [1.807, 2.05) is 0 Å². The number of halogens is 2. The molecule has 1 aliphatic carbocycles. The Bertz CT molecular complexity index is 491. The third kappa shape index (κ3) is 4.00. The van der Waals surface area contributed by atoms with Gasteiger partial charge in [0.15, 0.2) is 0 Å². The summed E-state index contributed by atoms with van der Waals surface area (Å²) in [6.45, 7) is 2.21. The van der Waals surface area contributed by atoms with Crippen LogP contribution in [0.25, 0.3) is 0 Å². The van der Waals surface area contributed by atoms with Crippen LogP contribution >= 0.6 is 0 Å². The quantitative estimate of drug-likeness (QED) is 0.519. The van der Waals surface area contributed by atoms with Crippen molar-refractivity contribution in [2.24, 2.45) is 0 Å². The molecule has 1 unspecified atom stereocenters. The van der Waals surface area contributed by atoms with Gasteiger partial charge in [0.05, 0.1) is 0 Å². The predicted molar refractivity (Wildman–Crippen MR) is 68.0 cm³/mol. The number of rotatable bonds is 1. The van der Waals surface area contributed by atoms with E-state index in [2.05, 4.69) is 49.4 Å². The second kappa shape index (κ2) is 8.35. The largest absolute Gasteiger partial charge is 3.00 e. The smallest absolute Gasteiger partial charge is 1.00 e. The maximum atomic E-state index is 2.38. The molecule has 1 radical (unpaired) electrons. The standard InChI is InChI=1S/C16H17.2ClH.Zr/c1-12-10-14-8-5-9-15(16(14)11-12)13-6-3-2-4-7-13;;;/h2-4,6-7,10-11,15H,5,8-9H2,1H3;2*1H;/q-1;;;+3/p-2. The maximum Gasteiger partial charge on any atom is 3.00 e. The molecule has 0 aromatic heterocycles. The van der Waals surface area contributed by atoms with Crippen molar-refractivity contribution < 1.29 is 51.0 Å². The van der Waals surface area contributed by atoms with Crippen LogP contribution in [0.5, 0.6) is 0 Å². The molecule has 1 atom stereocenters. The summed E-state index contributed by atoms with van der Waals surface area (Å²) in [4.78, 5) is 0. The Balaban J connectivity index is 0.00000108. The van der Waals surface area contributed by atoms with Crippen molar-refractivity contribution in [2.75, 3.05) is 0 Å². The Labute approximate surface area is 147 Å². The van der Waals surface area contributed by atoms with Crippen molar-refractivity contribution in [3.05, 3.63) is 64.7 Å². The Kier molecular flexibility index (Phi) is 8.36. The van der Waals surface area contributed by atoms with Crippen LogP contribution in [0, 0.1) is 6.92 Å². The van der Waals surface area contributed by atoms with E-state index < -0.39 is 0 Å². The van der Waals surface area contributed by atoms with Gasteiger partial charge in [-0.2, -0.15) is 22.8 Å². The first-order chi connectivity index (χ1) is 7.84. The summed E-state index contributed by atoms with van der Waals surface area (Å²) in [7, 11) is 0. The minimum absolute atomic E-state index is 0. The molecule has 0 fully saturated rings. The first-order valence-corrected chi connectivity index (χ1v) is 6.15. The molecular formula is C16H17Cl2Zr. The van der Waals surface area contributed by atoms with Gasteiger partial charge >= 0.3 is 26.2 Å². The number of hydrogen-bond acceptors (Lipinski definition) is 0. The van der Waals surface area contributed by atoms with E-state index in [1.54, 1.807) is 11.1 Å². The molecule has 3 rings (SSSR count). The van der Waals surface area contributed by atoms with Crippen LogP contribution in [0.2, 0.25) is 0 Å². The zero-order valence-corrected chi connectivity index (χ0v) is 15.0. The number of hydrogen-bond donors (Lipinski definition) is 0. The van der Waals surface area contributed by atoms with Crippen molar-refractivity contribution in [1.29, 1.82) is 0 Å². The van der Waals surface area contributed by atoms with E-state index in [0.717, 1.165) is 0 Å². The molecule has 0 heterocycles. The number of aryl methyl sites for hydroxylation is 2. The molecule has 3 heteroatoms. The van der Waals surface area contributed by atoms with E-state index in [4.69, 9.17) is 0 Å². The molecule has 99 valence electrons. The molecule has 0 N–H and O–H groups in total. The fraction of sp³-hybridized carbons (Fsp3) is 0.312. The summed E-state index contributed by atoms with van der Waals surface area (Å²) < 4.78 is 0. The van der Waals surface area contributed by atoms with Crippen LogP contribution in [0.3, 0.4) is 0 Å². The van der Waals surface area contributed by atoms with Crippen molar-refractivity contribution in [2.45, 2.75) is 32.1 Å². The monoisotopic (exact) mass is 369 g/mol. The third-order valence-corrected chi connectivity index (χ3v) is 3.67. The van der Waals surface area contributed by atoms with E-state index in [1.165, 1.54) is 30.4 Å². The fourth-order valence-corrected chi connectivity index (χ4v) is 2.96. The van der Waals surface area contributed by atoms with Crippen LogP contribution in [-0.4, -0.2) is 0 Å². The summed E-state index contributed by atoms with van der Waals surface area (Å²) in [6.07, 6.45) is 3.91. The van der Waals surface area contributed by atoms with Gasteiger partial charge in [0, 0.05) is 0 Å². The second-order valence-electron chi connectivity index (χ2n) is 4.87. The molecule has 2 aromatic carbocycles. The molecule has 0 aliphatic heterocycles.